The van der Waals surface area contributed by atoms with Gasteiger partial charge in [0.05, 0.1) is 6.54 Å². The molecule has 1 aromatic carbocycles. The van der Waals surface area contributed by atoms with Crippen LogP contribution in [0, 0.1) is 0 Å². The van der Waals surface area contributed by atoms with E-state index in [-0.39, 0.29) is 0 Å². The third-order valence-corrected chi connectivity index (χ3v) is 3.68. The average Bonchev–Trinajstić information content (AvgIpc) is 3.21. The zero-order chi connectivity index (χ0) is 14.7. The molecule has 1 fully saturated rings. The first-order valence-corrected chi connectivity index (χ1v) is 7.59. The maximum Gasteiger partial charge on any atom is 0.315 e. The molecule has 0 spiro atoms. The van der Waals surface area contributed by atoms with Gasteiger partial charge in [0.2, 0.25) is 5.89 Å². The highest BCUT2D eigenvalue weighted by Crippen LogP contribution is 2.19. The number of hydrogen-bond acceptors (Lipinski definition) is 5. The minimum atomic E-state index is 0.482. The molecule has 0 amide bonds. The molecule has 0 unspecified atom stereocenters. The molecule has 0 aliphatic heterocycles. The summed E-state index contributed by atoms with van der Waals surface area (Å²) in [5, 5.41) is 14.5. The fraction of sp³-hybridized carbons (Fsp3) is 0.500. The summed E-state index contributed by atoms with van der Waals surface area (Å²) in [5.41, 5.74) is 2.56. The zero-order valence-corrected chi connectivity index (χ0v) is 12.6. The van der Waals surface area contributed by atoms with Crippen LogP contribution in [0.5, 0.6) is 0 Å². The lowest BCUT2D eigenvalue weighted by Gasteiger charge is -2.06. The Labute approximate surface area is 125 Å². The number of nitrogens with zero attached hydrogens (tertiary/aromatic N) is 2. The van der Waals surface area contributed by atoms with Crippen molar-refractivity contribution in [1.82, 2.24) is 15.5 Å². The Morgan fingerprint density at radius 3 is 2.57 bits per heavy atom. The molecule has 0 atom stereocenters. The van der Waals surface area contributed by atoms with Crippen molar-refractivity contribution in [3.63, 3.8) is 0 Å². The smallest absolute Gasteiger partial charge is 0.315 e. The fourth-order valence-electron chi connectivity index (χ4n) is 2.11. The summed E-state index contributed by atoms with van der Waals surface area (Å²) in [4.78, 5) is 0. The van der Waals surface area contributed by atoms with E-state index in [0.717, 1.165) is 0 Å². The lowest BCUT2D eigenvalue weighted by Crippen LogP contribution is -2.15. The molecule has 112 valence electrons. The minimum absolute atomic E-state index is 0.482. The molecule has 1 saturated carbocycles. The molecule has 2 aromatic rings. The first-order valence-electron chi connectivity index (χ1n) is 7.59. The number of aromatic nitrogens is 2. The monoisotopic (exact) mass is 286 g/mol. The van der Waals surface area contributed by atoms with Gasteiger partial charge in [0.25, 0.3) is 0 Å². The van der Waals surface area contributed by atoms with Gasteiger partial charge < -0.3 is 15.1 Å². The maximum atomic E-state index is 5.55. The summed E-state index contributed by atoms with van der Waals surface area (Å²) < 4.78 is 5.55. The molecule has 2 N–H and O–H groups in total. The van der Waals surface area contributed by atoms with E-state index in [4.69, 9.17) is 4.42 Å². The highest BCUT2D eigenvalue weighted by atomic mass is 16.4. The van der Waals surface area contributed by atoms with Crippen LogP contribution >= 0.6 is 0 Å². The fourth-order valence-corrected chi connectivity index (χ4v) is 2.11. The van der Waals surface area contributed by atoms with Gasteiger partial charge in [0.1, 0.15) is 0 Å². The summed E-state index contributed by atoms with van der Waals surface area (Å²) in [6.07, 6.45) is 2.51. The van der Waals surface area contributed by atoms with E-state index in [1.807, 2.05) is 0 Å². The third kappa shape index (κ3) is 4.04. The van der Waals surface area contributed by atoms with Crippen LogP contribution in [0.4, 0.5) is 6.01 Å². The van der Waals surface area contributed by atoms with Gasteiger partial charge in [-0.25, -0.2) is 0 Å². The van der Waals surface area contributed by atoms with Gasteiger partial charge in [0, 0.05) is 12.6 Å². The minimum Gasteiger partial charge on any atom is -0.407 e. The van der Waals surface area contributed by atoms with Gasteiger partial charge >= 0.3 is 6.01 Å². The van der Waals surface area contributed by atoms with Gasteiger partial charge in [-0.2, -0.15) is 0 Å². The van der Waals surface area contributed by atoms with E-state index in [1.165, 1.54) is 24.0 Å². The van der Waals surface area contributed by atoms with Gasteiger partial charge in [-0.3, -0.25) is 0 Å². The van der Waals surface area contributed by atoms with Crippen molar-refractivity contribution in [3.05, 3.63) is 41.3 Å². The molecule has 1 aliphatic carbocycles. The Morgan fingerprint density at radius 1 is 1.14 bits per heavy atom. The van der Waals surface area contributed by atoms with E-state index in [2.05, 4.69) is 58.9 Å². The highest BCUT2D eigenvalue weighted by molar-refractivity contribution is 5.28. The Hall–Kier alpha value is -1.88. The van der Waals surface area contributed by atoms with Crippen molar-refractivity contribution in [3.8, 4) is 0 Å². The summed E-state index contributed by atoms with van der Waals surface area (Å²) >= 11 is 0. The number of hydrogen-bond donors (Lipinski definition) is 2. The first kappa shape index (κ1) is 14.1. The maximum absolute atomic E-state index is 5.55. The summed E-state index contributed by atoms with van der Waals surface area (Å²) in [6, 6.07) is 9.73. The largest absolute Gasteiger partial charge is 0.407 e. The molecule has 1 aromatic heterocycles. The molecule has 5 heteroatoms. The van der Waals surface area contributed by atoms with Crippen molar-refractivity contribution in [1.29, 1.82) is 0 Å². The predicted molar refractivity (Wildman–Crippen MR) is 82.0 cm³/mol. The summed E-state index contributed by atoms with van der Waals surface area (Å²) in [7, 11) is 0. The van der Waals surface area contributed by atoms with Crippen molar-refractivity contribution < 1.29 is 4.42 Å². The van der Waals surface area contributed by atoms with Crippen LogP contribution in [-0.4, -0.2) is 16.2 Å². The molecule has 5 nitrogen and oxygen atoms in total. The topological polar surface area (TPSA) is 63.0 Å². The van der Waals surface area contributed by atoms with Gasteiger partial charge in [0.15, 0.2) is 0 Å². The van der Waals surface area contributed by atoms with Crippen LogP contribution in [0.25, 0.3) is 0 Å². The second-order valence-corrected chi connectivity index (χ2v) is 5.91. The summed E-state index contributed by atoms with van der Waals surface area (Å²) in [6.45, 7) is 5.74. The SMILES string of the molecule is CC(C)c1ccc(CNc2nnc(CNC3CC3)o2)cc1. The highest BCUT2D eigenvalue weighted by Gasteiger charge is 2.21. The van der Waals surface area contributed by atoms with Gasteiger partial charge in [-0.15, -0.1) is 5.10 Å². The van der Waals surface area contributed by atoms with Crippen molar-refractivity contribution in [2.75, 3.05) is 5.32 Å². The molecular formula is C16H22N4O. The molecule has 0 radical (unpaired) electrons. The second kappa shape index (κ2) is 6.26. The Balaban J connectivity index is 1.49. The molecule has 0 bridgehead atoms. The summed E-state index contributed by atoms with van der Waals surface area (Å²) in [5.74, 6) is 1.20. The molecule has 1 heterocycles. The van der Waals surface area contributed by atoms with E-state index >= 15 is 0 Å². The van der Waals surface area contributed by atoms with Crippen molar-refractivity contribution >= 4 is 6.01 Å². The second-order valence-electron chi connectivity index (χ2n) is 5.91. The number of anilines is 1. The standard InChI is InChI=1S/C16H22N4O/c1-11(2)13-5-3-12(4-6-13)9-18-16-20-19-15(21-16)10-17-14-7-8-14/h3-6,11,14,17H,7-10H2,1-2H3,(H,18,20). The molecular weight excluding hydrogens is 264 g/mol. The van der Waals surface area contributed by atoms with Crippen molar-refractivity contribution in [2.24, 2.45) is 0 Å². The quantitative estimate of drug-likeness (QED) is 0.819. The molecule has 21 heavy (non-hydrogen) atoms. The number of benzene rings is 1. The Kier molecular flexibility index (Phi) is 4.20. The Morgan fingerprint density at radius 2 is 1.90 bits per heavy atom. The van der Waals surface area contributed by atoms with E-state index in [1.54, 1.807) is 0 Å². The normalized spacial score (nSPS) is 14.6. The van der Waals surface area contributed by atoms with Crippen LogP contribution in [0.3, 0.4) is 0 Å². The van der Waals surface area contributed by atoms with Gasteiger partial charge in [-0.05, 0) is 29.9 Å². The lowest BCUT2D eigenvalue weighted by molar-refractivity contribution is 0.475. The molecule has 1 aliphatic rings. The Bertz CT molecular complexity index is 572. The number of rotatable bonds is 7. The molecule has 0 saturated heterocycles. The first-order chi connectivity index (χ1) is 10.2. The van der Waals surface area contributed by atoms with E-state index in [0.29, 0.717) is 37.0 Å². The predicted octanol–water partition coefficient (Wildman–Crippen LogP) is 3.06. The zero-order valence-electron chi connectivity index (χ0n) is 12.6. The molecule has 3 rings (SSSR count). The lowest BCUT2D eigenvalue weighted by atomic mass is 10.0. The van der Waals surface area contributed by atoms with Crippen molar-refractivity contribution in [2.45, 2.75) is 51.7 Å². The van der Waals surface area contributed by atoms with E-state index in [9.17, 15) is 0 Å². The van der Waals surface area contributed by atoms with Crippen LogP contribution in [-0.2, 0) is 13.1 Å². The van der Waals surface area contributed by atoms with Crippen LogP contribution in [0.2, 0.25) is 0 Å². The van der Waals surface area contributed by atoms with Crippen LogP contribution in [0.15, 0.2) is 28.7 Å². The van der Waals surface area contributed by atoms with Crippen LogP contribution < -0.4 is 10.6 Å². The van der Waals surface area contributed by atoms with E-state index < -0.39 is 0 Å². The number of nitrogens with one attached hydrogen (secondary N) is 2. The average molecular weight is 286 g/mol. The van der Waals surface area contributed by atoms with Gasteiger partial charge in [-0.1, -0.05) is 43.2 Å². The third-order valence-electron chi connectivity index (χ3n) is 3.68. The van der Waals surface area contributed by atoms with Crippen LogP contribution in [0.1, 0.15) is 49.6 Å².